The lowest BCUT2D eigenvalue weighted by atomic mass is 9.64. The predicted molar refractivity (Wildman–Crippen MR) is 164 cm³/mol. The van der Waals surface area contributed by atoms with Crippen LogP contribution in [0.4, 0.5) is 10.1 Å². The number of carbonyl (C=O) groups excluding carboxylic acids is 3. The lowest BCUT2D eigenvalue weighted by molar-refractivity contribution is 0.0666. The summed E-state index contributed by atoms with van der Waals surface area (Å²) in [7, 11) is 1.54. The van der Waals surface area contributed by atoms with E-state index in [9.17, 15) is 18.8 Å². The van der Waals surface area contributed by atoms with Gasteiger partial charge in [0.1, 0.15) is 23.0 Å². The van der Waals surface area contributed by atoms with Gasteiger partial charge in [-0.25, -0.2) is 4.39 Å². The minimum absolute atomic E-state index is 0.249. The van der Waals surface area contributed by atoms with Crippen molar-refractivity contribution in [3.63, 3.8) is 0 Å². The lowest BCUT2D eigenvalue weighted by Crippen LogP contribution is -2.48. The maximum Gasteiger partial charge on any atom is 0.186 e. The van der Waals surface area contributed by atoms with Gasteiger partial charge in [0.15, 0.2) is 17.3 Å². The Hall–Kier alpha value is -4.84. The second kappa shape index (κ2) is 9.87. The number of halogens is 1. The van der Waals surface area contributed by atoms with Gasteiger partial charge in [-0.2, -0.15) is 0 Å². The molecule has 3 aliphatic rings. The molecule has 0 N–H and O–H groups in total. The van der Waals surface area contributed by atoms with Crippen molar-refractivity contribution in [3.05, 3.63) is 136 Å². The zero-order valence-electron chi connectivity index (χ0n) is 24.1. The summed E-state index contributed by atoms with van der Waals surface area (Å²) in [4.78, 5) is 46.2. The molecule has 3 atom stereocenters. The van der Waals surface area contributed by atoms with Crippen molar-refractivity contribution in [1.82, 2.24) is 0 Å². The number of benzene rings is 4. The molecule has 0 bridgehead atoms. The molecule has 7 rings (SSSR count). The molecule has 1 aliphatic carbocycles. The van der Waals surface area contributed by atoms with E-state index in [4.69, 9.17) is 4.74 Å². The summed E-state index contributed by atoms with van der Waals surface area (Å²) < 4.78 is 19.9. The fourth-order valence-corrected chi connectivity index (χ4v) is 7.36. The lowest BCUT2D eigenvalue weighted by Gasteiger charge is -2.37. The topological polar surface area (TPSA) is 63.7 Å². The molecule has 0 saturated carbocycles. The Morgan fingerprint density at radius 2 is 1.58 bits per heavy atom. The molecule has 214 valence electrons. The highest BCUT2D eigenvalue weighted by Gasteiger charge is 2.71. The Morgan fingerprint density at radius 3 is 2.23 bits per heavy atom. The van der Waals surface area contributed by atoms with E-state index in [1.165, 1.54) is 19.2 Å². The molecule has 1 fully saturated rings. The first-order valence-electron chi connectivity index (χ1n) is 14.5. The molecule has 0 radical (unpaired) electrons. The van der Waals surface area contributed by atoms with Crippen LogP contribution in [0.2, 0.25) is 0 Å². The fourth-order valence-electron chi connectivity index (χ4n) is 7.36. The largest absolute Gasteiger partial charge is 0.497 e. The van der Waals surface area contributed by atoms with E-state index in [0.29, 0.717) is 33.7 Å². The van der Waals surface area contributed by atoms with Crippen LogP contribution >= 0.6 is 0 Å². The van der Waals surface area contributed by atoms with E-state index in [0.717, 1.165) is 11.1 Å². The molecule has 4 aromatic rings. The maximum atomic E-state index is 14.8. The van der Waals surface area contributed by atoms with Crippen molar-refractivity contribution in [2.24, 2.45) is 5.41 Å². The zero-order valence-corrected chi connectivity index (χ0v) is 24.1. The van der Waals surface area contributed by atoms with Crippen molar-refractivity contribution in [2.45, 2.75) is 37.8 Å². The van der Waals surface area contributed by atoms with Crippen LogP contribution in [-0.4, -0.2) is 36.5 Å². The Kier molecular flexibility index (Phi) is 6.20. The van der Waals surface area contributed by atoms with Crippen LogP contribution < -0.4 is 9.64 Å². The first-order chi connectivity index (χ1) is 20.8. The van der Waals surface area contributed by atoms with Crippen LogP contribution in [0.25, 0.3) is 6.08 Å². The standard InChI is InChI=1S/C37H30FNO4/c1-21(2)22-11-13-23(14-12-22)32-33(34(40)25-7-6-8-27(20-25)43-3)39-30-17-16-26(38)19-24(30)15-18-31(39)37(32)35(41)28-9-4-5-10-29(28)36(37)42/h4-21,31-33H,1-3H3/t31-,32+,33-/m1/s1. The van der Waals surface area contributed by atoms with Crippen LogP contribution in [0.3, 0.4) is 0 Å². The van der Waals surface area contributed by atoms with E-state index in [1.54, 1.807) is 66.7 Å². The van der Waals surface area contributed by atoms with Crippen LogP contribution in [-0.2, 0) is 0 Å². The minimum Gasteiger partial charge on any atom is -0.497 e. The van der Waals surface area contributed by atoms with Gasteiger partial charge in [0.05, 0.1) is 13.2 Å². The van der Waals surface area contributed by atoms with Gasteiger partial charge in [0.25, 0.3) is 0 Å². The number of rotatable bonds is 5. The predicted octanol–water partition coefficient (Wildman–Crippen LogP) is 7.27. The molecule has 0 aromatic heterocycles. The molecular weight excluding hydrogens is 541 g/mol. The van der Waals surface area contributed by atoms with Crippen molar-refractivity contribution in [1.29, 1.82) is 0 Å². The van der Waals surface area contributed by atoms with Crippen LogP contribution in [0.1, 0.15) is 73.4 Å². The Balaban J connectivity index is 1.53. The number of carbonyl (C=O) groups is 3. The molecule has 43 heavy (non-hydrogen) atoms. The van der Waals surface area contributed by atoms with E-state index >= 15 is 0 Å². The average molecular weight is 572 g/mol. The second-order valence-corrected chi connectivity index (χ2v) is 11.8. The molecule has 0 amide bonds. The number of ketones is 3. The van der Waals surface area contributed by atoms with Crippen LogP contribution in [0.15, 0.2) is 97.1 Å². The highest BCUT2D eigenvalue weighted by atomic mass is 19.1. The number of anilines is 1. The smallest absolute Gasteiger partial charge is 0.186 e. The Bertz CT molecular complexity index is 1800. The first kappa shape index (κ1) is 27.0. The van der Waals surface area contributed by atoms with Gasteiger partial charge in [-0.05, 0) is 47.4 Å². The number of hydrogen-bond donors (Lipinski definition) is 0. The SMILES string of the molecule is COc1cccc(C(=O)[C@H]2[C@H](c3ccc(C(C)C)cc3)C3(C(=O)c4ccccc4C3=O)[C@H]3C=Cc4cc(F)ccc4N23)c1. The third kappa shape index (κ3) is 3.79. The zero-order chi connectivity index (χ0) is 30.0. The van der Waals surface area contributed by atoms with Crippen molar-refractivity contribution in [2.75, 3.05) is 12.0 Å². The van der Waals surface area contributed by atoms with Crippen molar-refractivity contribution < 1.29 is 23.5 Å². The number of fused-ring (bicyclic) bond motifs is 5. The van der Waals surface area contributed by atoms with E-state index in [-0.39, 0.29) is 23.3 Å². The van der Waals surface area contributed by atoms with Gasteiger partial charge < -0.3 is 9.64 Å². The summed E-state index contributed by atoms with van der Waals surface area (Å²) in [5.74, 6) is -1.28. The molecule has 1 spiro atoms. The summed E-state index contributed by atoms with van der Waals surface area (Å²) in [5, 5.41) is 0. The quantitative estimate of drug-likeness (QED) is 0.186. The van der Waals surface area contributed by atoms with Gasteiger partial charge in [-0.15, -0.1) is 0 Å². The van der Waals surface area contributed by atoms with Gasteiger partial charge in [0, 0.05) is 33.9 Å². The Morgan fingerprint density at radius 1 is 0.884 bits per heavy atom. The molecule has 4 aromatic carbocycles. The van der Waals surface area contributed by atoms with Gasteiger partial charge in [-0.3, -0.25) is 14.4 Å². The minimum atomic E-state index is -1.61. The van der Waals surface area contributed by atoms with Crippen molar-refractivity contribution >= 4 is 29.1 Å². The molecule has 5 nitrogen and oxygen atoms in total. The molecule has 1 saturated heterocycles. The number of hydrogen-bond acceptors (Lipinski definition) is 5. The first-order valence-corrected chi connectivity index (χ1v) is 14.5. The molecule has 2 aliphatic heterocycles. The Labute approximate surface area is 249 Å². The van der Waals surface area contributed by atoms with Crippen molar-refractivity contribution in [3.8, 4) is 5.75 Å². The molecule has 0 unspecified atom stereocenters. The molecule has 2 heterocycles. The van der Waals surface area contributed by atoms with Crippen LogP contribution in [0, 0.1) is 11.2 Å². The number of methoxy groups -OCH3 is 1. The average Bonchev–Trinajstić information content (AvgIpc) is 3.46. The number of Topliss-reactive ketones (excluding diaryl/α,β-unsaturated/α-hetero) is 3. The van der Waals surface area contributed by atoms with E-state index < -0.39 is 29.2 Å². The van der Waals surface area contributed by atoms with E-state index in [1.807, 2.05) is 29.2 Å². The molecular formula is C37H30FNO4. The monoisotopic (exact) mass is 571 g/mol. The highest BCUT2D eigenvalue weighted by molar-refractivity contribution is 6.32. The van der Waals surface area contributed by atoms with Crippen LogP contribution in [0.5, 0.6) is 5.75 Å². The molecule has 6 heteroatoms. The number of nitrogens with zero attached hydrogens (tertiary/aromatic N) is 1. The summed E-state index contributed by atoms with van der Waals surface area (Å²) in [6.45, 7) is 4.20. The summed E-state index contributed by atoms with van der Waals surface area (Å²) >= 11 is 0. The van der Waals surface area contributed by atoms with Gasteiger partial charge in [0.2, 0.25) is 0 Å². The third-order valence-corrected chi connectivity index (χ3v) is 9.35. The fraction of sp³-hybridized carbons (Fsp3) is 0.216. The summed E-state index contributed by atoms with van der Waals surface area (Å²) in [6.07, 6.45) is 3.57. The van der Waals surface area contributed by atoms with Gasteiger partial charge in [-0.1, -0.05) is 86.7 Å². The maximum absolute atomic E-state index is 14.8. The summed E-state index contributed by atoms with van der Waals surface area (Å²) in [5.41, 5.74) is 2.55. The normalized spacial score (nSPS) is 21.2. The number of ether oxygens (including phenoxy) is 1. The summed E-state index contributed by atoms with van der Waals surface area (Å²) in [6, 6.07) is 24.4. The highest BCUT2D eigenvalue weighted by Crippen LogP contribution is 2.61. The van der Waals surface area contributed by atoms with E-state index in [2.05, 4.69) is 13.8 Å². The third-order valence-electron chi connectivity index (χ3n) is 9.35. The second-order valence-electron chi connectivity index (χ2n) is 11.8. The van der Waals surface area contributed by atoms with Gasteiger partial charge >= 0.3 is 0 Å².